The van der Waals surface area contributed by atoms with Gasteiger partial charge in [-0.25, -0.2) is 0 Å². The van der Waals surface area contributed by atoms with Gasteiger partial charge in [-0.3, -0.25) is 0 Å². The van der Waals surface area contributed by atoms with Crippen molar-refractivity contribution in [3.8, 4) is 0 Å². The van der Waals surface area contributed by atoms with Crippen LogP contribution in [-0.4, -0.2) is 18.8 Å². The van der Waals surface area contributed by atoms with Crippen LogP contribution in [-0.2, 0) is 11.2 Å². The Kier molecular flexibility index (Phi) is 3.46. The van der Waals surface area contributed by atoms with Crippen molar-refractivity contribution < 1.29 is 4.74 Å². The highest BCUT2D eigenvalue weighted by molar-refractivity contribution is 5.39. The van der Waals surface area contributed by atoms with Crippen LogP contribution < -0.4 is 11.5 Å². The average Bonchev–Trinajstić information content (AvgIpc) is 2.28. The first-order valence-corrected chi connectivity index (χ1v) is 5.88. The number of nitrogens with two attached hydrogens (primary N) is 2. The van der Waals surface area contributed by atoms with Crippen molar-refractivity contribution >= 4 is 5.69 Å². The number of hydrogen-bond donors (Lipinski definition) is 2. The van der Waals surface area contributed by atoms with Crippen molar-refractivity contribution in [2.45, 2.75) is 31.9 Å². The third-order valence-electron chi connectivity index (χ3n) is 3.46. The molecule has 3 heteroatoms. The number of rotatable bonds is 2. The zero-order valence-corrected chi connectivity index (χ0v) is 9.73. The van der Waals surface area contributed by atoms with E-state index in [-0.39, 0.29) is 12.1 Å². The molecule has 1 aromatic carbocycles. The van der Waals surface area contributed by atoms with Gasteiger partial charge in [0.15, 0.2) is 0 Å². The van der Waals surface area contributed by atoms with E-state index in [0.717, 1.165) is 25.1 Å². The van der Waals surface area contributed by atoms with Gasteiger partial charge in [0.05, 0.1) is 6.10 Å². The Morgan fingerprint density at radius 3 is 2.69 bits per heavy atom. The zero-order chi connectivity index (χ0) is 11.5. The highest BCUT2D eigenvalue weighted by Gasteiger charge is 2.28. The lowest BCUT2D eigenvalue weighted by atomic mass is 9.88. The van der Waals surface area contributed by atoms with Gasteiger partial charge in [0.25, 0.3) is 0 Å². The quantitative estimate of drug-likeness (QED) is 0.744. The SMILES string of the molecule is CC1C(N)CCOC1Cc1ccc(N)cc1. The van der Waals surface area contributed by atoms with Crippen LogP contribution in [0.1, 0.15) is 18.9 Å². The smallest absolute Gasteiger partial charge is 0.0655 e. The van der Waals surface area contributed by atoms with Crippen LogP contribution >= 0.6 is 0 Å². The third-order valence-corrected chi connectivity index (χ3v) is 3.46. The van der Waals surface area contributed by atoms with E-state index in [2.05, 4.69) is 19.1 Å². The number of hydrogen-bond acceptors (Lipinski definition) is 3. The molecule has 1 aliphatic heterocycles. The summed E-state index contributed by atoms with van der Waals surface area (Å²) >= 11 is 0. The minimum atomic E-state index is 0.243. The minimum absolute atomic E-state index is 0.243. The van der Waals surface area contributed by atoms with Gasteiger partial charge in [-0.1, -0.05) is 19.1 Å². The number of nitrogen functional groups attached to an aromatic ring is 1. The van der Waals surface area contributed by atoms with Crippen molar-refractivity contribution in [1.82, 2.24) is 0 Å². The number of anilines is 1. The molecule has 3 unspecified atom stereocenters. The summed E-state index contributed by atoms with van der Waals surface area (Å²) < 4.78 is 5.78. The summed E-state index contributed by atoms with van der Waals surface area (Å²) in [5, 5.41) is 0. The molecule has 1 fully saturated rings. The van der Waals surface area contributed by atoms with E-state index < -0.39 is 0 Å². The maximum Gasteiger partial charge on any atom is 0.0655 e. The second kappa shape index (κ2) is 4.85. The van der Waals surface area contributed by atoms with Gasteiger partial charge in [-0.2, -0.15) is 0 Å². The first kappa shape index (κ1) is 11.4. The Balaban J connectivity index is 2.00. The second-order valence-electron chi connectivity index (χ2n) is 4.67. The standard InChI is InChI=1S/C13H20N2O/c1-9-12(15)6-7-16-13(9)8-10-2-4-11(14)5-3-10/h2-5,9,12-13H,6-8,14-15H2,1H3. The summed E-state index contributed by atoms with van der Waals surface area (Å²) in [6.45, 7) is 2.96. The van der Waals surface area contributed by atoms with Gasteiger partial charge in [-0.15, -0.1) is 0 Å². The Bertz CT molecular complexity index is 336. The average molecular weight is 220 g/mol. The molecule has 0 spiro atoms. The maximum absolute atomic E-state index is 6.05. The molecular formula is C13H20N2O. The molecule has 0 bridgehead atoms. The summed E-state index contributed by atoms with van der Waals surface area (Å²) in [7, 11) is 0. The Morgan fingerprint density at radius 1 is 1.31 bits per heavy atom. The van der Waals surface area contributed by atoms with Gasteiger partial charge in [0.1, 0.15) is 0 Å². The fourth-order valence-corrected chi connectivity index (χ4v) is 2.18. The van der Waals surface area contributed by atoms with E-state index in [0.29, 0.717) is 5.92 Å². The molecule has 2 rings (SSSR count). The first-order chi connectivity index (χ1) is 7.66. The summed E-state index contributed by atoms with van der Waals surface area (Å²) in [4.78, 5) is 0. The lowest BCUT2D eigenvalue weighted by molar-refractivity contribution is -0.0291. The topological polar surface area (TPSA) is 61.3 Å². The molecule has 4 N–H and O–H groups in total. The van der Waals surface area contributed by atoms with Gasteiger partial charge >= 0.3 is 0 Å². The molecule has 1 aromatic rings. The molecule has 0 saturated carbocycles. The fourth-order valence-electron chi connectivity index (χ4n) is 2.18. The summed E-state index contributed by atoms with van der Waals surface area (Å²) in [5.41, 5.74) is 13.8. The van der Waals surface area contributed by atoms with E-state index in [1.165, 1.54) is 5.56 Å². The number of ether oxygens (including phenoxy) is 1. The molecular weight excluding hydrogens is 200 g/mol. The van der Waals surface area contributed by atoms with E-state index >= 15 is 0 Å². The van der Waals surface area contributed by atoms with Crippen LogP contribution in [0, 0.1) is 5.92 Å². The normalized spacial score (nSPS) is 30.2. The third kappa shape index (κ3) is 2.54. The molecule has 3 nitrogen and oxygen atoms in total. The minimum Gasteiger partial charge on any atom is -0.399 e. The van der Waals surface area contributed by atoms with Crippen molar-refractivity contribution in [2.24, 2.45) is 11.7 Å². The molecule has 0 radical (unpaired) electrons. The highest BCUT2D eigenvalue weighted by Crippen LogP contribution is 2.23. The molecule has 0 aliphatic carbocycles. The van der Waals surface area contributed by atoms with E-state index in [4.69, 9.17) is 16.2 Å². The maximum atomic E-state index is 6.05. The molecule has 16 heavy (non-hydrogen) atoms. The van der Waals surface area contributed by atoms with Crippen molar-refractivity contribution in [3.63, 3.8) is 0 Å². The summed E-state index contributed by atoms with van der Waals surface area (Å²) in [5.74, 6) is 0.423. The van der Waals surface area contributed by atoms with Crippen LogP contribution in [0.25, 0.3) is 0 Å². The van der Waals surface area contributed by atoms with E-state index in [9.17, 15) is 0 Å². The molecule has 88 valence electrons. The Morgan fingerprint density at radius 2 is 2.00 bits per heavy atom. The van der Waals surface area contributed by atoms with Crippen molar-refractivity contribution in [1.29, 1.82) is 0 Å². The van der Waals surface area contributed by atoms with E-state index in [1.54, 1.807) is 0 Å². The van der Waals surface area contributed by atoms with Gasteiger partial charge < -0.3 is 16.2 Å². The van der Waals surface area contributed by atoms with E-state index in [1.807, 2.05) is 12.1 Å². The molecule has 3 atom stereocenters. The molecule has 1 aliphatic rings. The monoisotopic (exact) mass is 220 g/mol. The lowest BCUT2D eigenvalue weighted by Crippen LogP contribution is -2.44. The molecule has 0 aromatic heterocycles. The Labute approximate surface area is 96.8 Å². The summed E-state index contributed by atoms with van der Waals surface area (Å²) in [6, 6.07) is 8.26. The number of benzene rings is 1. The lowest BCUT2D eigenvalue weighted by Gasteiger charge is -2.34. The van der Waals surface area contributed by atoms with Crippen LogP contribution in [0.5, 0.6) is 0 Å². The highest BCUT2D eigenvalue weighted by atomic mass is 16.5. The molecule has 1 heterocycles. The second-order valence-corrected chi connectivity index (χ2v) is 4.67. The zero-order valence-electron chi connectivity index (χ0n) is 9.73. The largest absolute Gasteiger partial charge is 0.399 e. The van der Waals surface area contributed by atoms with Crippen molar-refractivity contribution in [2.75, 3.05) is 12.3 Å². The first-order valence-electron chi connectivity index (χ1n) is 5.88. The van der Waals surface area contributed by atoms with Crippen LogP contribution in [0.15, 0.2) is 24.3 Å². The van der Waals surface area contributed by atoms with Crippen molar-refractivity contribution in [3.05, 3.63) is 29.8 Å². The predicted octanol–water partition coefficient (Wildman–Crippen LogP) is 1.56. The summed E-state index contributed by atoms with van der Waals surface area (Å²) in [6.07, 6.45) is 2.14. The van der Waals surface area contributed by atoms with Gasteiger partial charge in [0.2, 0.25) is 0 Å². The van der Waals surface area contributed by atoms with Gasteiger partial charge in [0, 0.05) is 18.3 Å². The van der Waals surface area contributed by atoms with Crippen LogP contribution in [0.3, 0.4) is 0 Å². The van der Waals surface area contributed by atoms with Crippen LogP contribution in [0.4, 0.5) is 5.69 Å². The fraction of sp³-hybridized carbons (Fsp3) is 0.538. The van der Waals surface area contributed by atoms with Gasteiger partial charge in [-0.05, 0) is 36.5 Å². The Hall–Kier alpha value is -1.06. The molecule has 0 amide bonds. The molecule has 1 saturated heterocycles. The predicted molar refractivity (Wildman–Crippen MR) is 66.1 cm³/mol. The van der Waals surface area contributed by atoms with Crippen LogP contribution in [0.2, 0.25) is 0 Å².